The van der Waals surface area contributed by atoms with Crippen LogP contribution in [0.4, 0.5) is 0 Å². The van der Waals surface area contributed by atoms with Crippen molar-refractivity contribution in [2.45, 2.75) is 32.0 Å². The second kappa shape index (κ2) is 2.44. The molecule has 1 heterocycles. The lowest BCUT2D eigenvalue weighted by atomic mass is 9.96. The Labute approximate surface area is 68.9 Å². The van der Waals surface area contributed by atoms with Gasteiger partial charge in [0.05, 0.1) is 5.66 Å². The first-order chi connectivity index (χ1) is 4.83. The molecule has 0 aromatic heterocycles. The highest BCUT2D eigenvalue weighted by Gasteiger charge is 2.35. The van der Waals surface area contributed by atoms with Gasteiger partial charge in [-0.2, -0.15) is 0 Å². The summed E-state index contributed by atoms with van der Waals surface area (Å²) in [6, 6.07) is 0. The number of piperazine rings is 1. The van der Waals surface area contributed by atoms with Crippen molar-refractivity contribution in [3.8, 4) is 0 Å². The van der Waals surface area contributed by atoms with Gasteiger partial charge in [-0.05, 0) is 27.8 Å². The van der Waals surface area contributed by atoms with Gasteiger partial charge in [0.15, 0.2) is 0 Å². The fraction of sp³-hybridized carbons (Fsp3) is 1.00. The summed E-state index contributed by atoms with van der Waals surface area (Å²) in [6.45, 7) is 8.32. The van der Waals surface area contributed by atoms with E-state index in [0.717, 1.165) is 13.1 Å². The van der Waals surface area contributed by atoms with Crippen molar-refractivity contribution in [1.82, 2.24) is 10.2 Å². The minimum Gasteiger partial charge on any atom is -0.312 e. The molecule has 1 aliphatic rings. The van der Waals surface area contributed by atoms with Crippen LogP contribution in [0.15, 0.2) is 0 Å². The standard InChI is InChI=1S/C8H19N3/c1-7(2)5-10-8(3,9)6-11(7)4/h10H,5-6,9H2,1-4H3. The van der Waals surface area contributed by atoms with Crippen molar-refractivity contribution in [1.29, 1.82) is 0 Å². The number of hydrogen-bond donors (Lipinski definition) is 2. The van der Waals surface area contributed by atoms with E-state index in [1.165, 1.54) is 0 Å². The first kappa shape index (κ1) is 8.97. The van der Waals surface area contributed by atoms with E-state index in [1.54, 1.807) is 0 Å². The highest BCUT2D eigenvalue weighted by molar-refractivity contribution is 4.94. The summed E-state index contributed by atoms with van der Waals surface area (Å²) < 4.78 is 0. The second-order valence-electron chi connectivity index (χ2n) is 4.44. The van der Waals surface area contributed by atoms with Gasteiger partial charge in [0.25, 0.3) is 0 Å². The van der Waals surface area contributed by atoms with Crippen molar-refractivity contribution in [3.63, 3.8) is 0 Å². The average Bonchev–Trinajstić information content (AvgIpc) is 1.81. The molecular formula is C8H19N3. The summed E-state index contributed by atoms with van der Waals surface area (Å²) in [7, 11) is 2.12. The summed E-state index contributed by atoms with van der Waals surface area (Å²) in [6.07, 6.45) is 0. The maximum Gasteiger partial charge on any atom is 0.0764 e. The number of rotatable bonds is 0. The second-order valence-corrected chi connectivity index (χ2v) is 4.44. The van der Waals surface area contributed by atoms with Gasteiger partial charge in [0.2, 0.25) is 0 Å². The van der Waals surface area contributed by atoms with E-state index in [-0.39, 0.29) is 11.2 Å². The summed E-state index contributed by atoms with van der Waals surface area (Å²) >= 11 is 0. The summed E-state index contributed by atoms with van der Waals surface area (Å²) in [5.74, 6) is 0. The zero-order valence-electron chi connectivity index (χ0n) is 7.94. The third-order valence-corrected chi connectivity index (χ3v) is 2.52. The van der Waals surface area contributed by atoms with Crippen LogP contribution in [-0.4, -0.2) is 36.2 Å². The molecule has 1 fully saturated rings. The van der Waals surface area contributed by atoms with Gasteiger partial charge in [0, 0.05) is 18.6 Å². The number of hydrogen-bond acceptors (Lipinski definition) is 3. The Balaban J connectivity index is 2.63. The highest BCUT2D eigenvalue weighted by Crippen LogP contribution is 2.18. The van der Waals surface area contributed by atoms with E-state index >= 15 is 0 Å². The van der Waals surface area contributed by atoms with Gasteiger partial charge in [0.1, 0.15) is 0 Å². The molecular weight excluding hydrogens is 138 g/mol. The number of nitrogens with zero attached hydrogens (tertiary/aromatic N) is 1. The zero-order valence-corrected chi connectivity index (χ0v) is 7.94. The maximum atomic E-state index is 5.94. The lowest BCUT2D eigenvalue weighted by Crippen LogP contribution is -2.69. The minimum absolute atomic E-state index is 0.218. The Morgan fingerprint density at radius 3 is 2.27 bits per heavy atom. The molecule has 0 saturated carbocycles. The summed E-state index contributed by atoms with van der Waals surface area (Å²) in [4.78, 5) is 2.30. The SMILES string of the molecule is CN1CC(C)(N)NCC1(C)C. The third kappa shape index (κ3) is 1.92. The third-order valence-electron chi connectivity index (χ3n) is 2.52. The molecule has 0 bridgehead atoms. The molecule has 0 aliphatic carbocycles. The van der Waals surface area contributed by atoms with Crippen LogP contribution in [0.5, 0.6) is 0 Å². The molecule has 1 saturated heterocycles. The molecule has 0 aromatic carbocycles. The Hall–Kier alpha value is -0.120. The van der Waals surface area contributed by atoms with Crippen LogP contribution >= 0.6 is 0 Å². The van der Waals surface area contributed by atoms with Crippen LogP contribution in [0.25, 0.3) is 0 Å². The first-order valence-electron chi connectivity index (χ1n) is 4.09. The Bertz CT molecular complexity index is 151. The molecule has 0 amide bonds. The molecule has 0 spiro atoms. The monoisotopic (exact) mass is 157 g/mol. The van der Waals surface area contributed by atoms with E-state index < -0.39 is 0 Å². The zero-order chi connectivity index (χ0) is 8.70. The maximum absolute atomic E-state index is 5.94. The first-order valence-corrected chi connectivity index (χ1v) is 4.09. The lowest BCUT2D eigenvalue weighted by molar-refractivity contribution is 0.0592. The predicted octanol–water partition coefficient (Wildman–Crippen LogP) is -0.0251. The average molecular weight is 157 g/mol. The van der Waals surface area contributed by atoms with Crippen LogP contribution in [-0.2, 0) is 0 Å². The van der Waals surface area contributed by atoms with Crippen molar-refractivity contribution < 1.29 is 0 Å². The fourth-order valence-electron chi connectivity index (χ4n) is 1.32. The topological polar surface area (TPSA) is 41.3 Å². The smallest absolute Gasteiger partial charge is 0.0764 e. The quantitative estimate of drug-likeness (QED) is 0.519. The van der Waals surface area contributed by atoms with Crippen molar-refractivity contribution in [2.75, 3.05) is 20.1 Å². The van der Waals surface area contributed by atoms with Crippen LogP contribution < -0.4 is 11.1 Å². The largest absolute Gasteiger partial charge is 0.312 e. The molecule has 1 unspecified atom stereocenters. The van der Waals surface area contributed by atoms with E-state index in [9.17, 15) is 0 Å². The molecule has 3 nitrogen and oxygen atoms in total. The van der Waals surface area contributed by atoms with E-state index in [2.05, 4.69) is 31.1 Å². The Kier molecular flexibility index (Phi) is 1.99. The molecule has 66 valence electrons. The van der Waals surface area contributed by atoms with Gasteiger partial charge in [-0.15, -0.1) is 0 Å². The van der Waals surface area contributed by atoms with Gasteiger partial charge < -0.3 is 5.73 Å². The van der Waals surface area contributed by atoms with Gasteiger partial charge in [-0.3, -0.25) is 10.2 Å². The fourth-order valence-corrected chi connectivity index (χ4v) is 1.32. The van der Waals surface area contributed by atoms with Crippen LogP contribution in [0, 0.1) is 0 Å². The van der Waals surface area contributed by atoms with E-state index in [4.69, 9.17) is 5.73 Å². The number of likely N-dealkylation sites (N-methyl/N-ethyl adjacent to an activating group) is 1. The van der Waals surface area contributed by atoms with Crippen molar-refractivity contribution in [2.24, 2.45) is 5.73 Å². The summed E-state index contributed by atoms with van der Waals surface area (Å²) in [5, 5.41) is 3.32. The Morgan fingerprint density at radius 2 is 1.91 bits per heavy atom. The molecule has 11 heavy (non-hydrogen) atoms. The van der Waals surface area contributed by atoms with Gasteiger partial charge in [-0.25, -0.2) is 0 Å². The Morgan fingerprint density at radius 1 is 1.36 bits per heavy atom. The molecule has 3 N–H and O–H groups in total. The predicted molar refractivity (Wildman–Crippen MR) is 47.3 cm³/mol. The van der Waals surface area contributed by atoms with Crippen LogP contribution in [0.2, 0.25) is 0 Å². The molecule has 0 radical (unpaired) electrons. The highest BCUT2D eigenvalue weighted by atomic mass is 15.3. The van der Waals surface area contributed by atoms with Gasteiger partial charge in [-0.1, -0.05) is 0 Å². The van der Waals surface area contributed by atoms with E-state index in [0.29, 0.717) is 0 Å². The van der Waals surface area contributed by atoms with E-state index in [1.807, 2.05) is 6.92 Å². The molecule has 0 aromatic rings. The molecule has 1 aliphatic heterocycles. The minimum atomic E-state index is -0.218. The van der Waals surface area contributed by atoms with Crippen molar-refractivity contribution in [3.05, 3.63) is 0 Å². The normalized spacial score (nSPS) is 39.0. The lowest BCUT2D eigenvalue weighted by Gasteiger charge is -2.47. The number of nitrogens with two attached hydrogens (primary N) is 1. The van der Waals surface area contributed by atoms with Crippen LogP contribution in [0.3, 0.4) is 0 Å². The van der Waals surface area contributed by atoms with Crippen molar-refractivity contribution >= 4 is 0 Å². The summed E-state index contributed by atoms with van der Waals surface area (Å²) in [5.41, 5.74) is 5.95. The molecule has 1 rings (SSSR count). The molecule has 1 atom stereocenters. The van der Waals surface area contributed by atoms with Crippen LogP contribution in [0.1, 0.15) is 20.8 Å². The molecule has 3 heteroatoms. The van der Waals surface area contributed by atoms with Gasteiger partial charge >= 0.3 is 0 Å². The number of nitrogens with one attached hydrogen (secondary N) is 1.